The van der Waals surface area contributed by atoms with Crippen molar-refractivity contribution in [3.63, 3.8) is 0 Å². The van der Waals surface area contributed by atoms with Crippen molar-refractivity contribution in [2.24, 2.45) is 5.92 Å². The lowest BCUT2D eigenvalue weighted by Crippen LogP contribution is -2.47. The van der Waals surface area contributed by atoms with Crippen LogP contribution in [0.15, 0.2) is 24.3 Å². The highest BCUT2D eigenvalue weighted by atomic mass is 32.2. The van der Waals surface area contributed by atoms with Crippen LogP contribution in [0.5, 0.6) is 0 Å². The van der Waals surface area contributed by atoms with Crippen LogP contribution in [0.1, 0.15) is 32.3 Å². The van der Waals surface area contributed by atoms with Crippen LogP contribution in [-0.2, 0) is 14.8 Å². The fourth-order valence-corrected chi connectivity index (χ4v) is 6.07. The Morgan fingerprint density at radius 2 is 1.81 bits per heavy atom. The second kappa shape index (κ2) is 4.99. The van der Waals surface area contributed by atoms with Gasteiger partial charge in [0, 0.05) is 6.54 Å². The topological polar surface area (TPSA) is 40.6 Å². The molecule has 0 aromatic heterocycles. The van der Waals surface area contributed by atoms with E-state index in [1.165, 1.54) is 0 Å². The zero-order chi connectivity index (χ0) is 15.3. The van der Waals surface area contributed by atoms with Crippen molar-refractivity contribution in [2.45, 2.75) is 31.4 Å². The highest BCUT2D eigenvalue weighted by Crippen LogP contribution is 2.52. The maximum atomic E-state index is 13.3. The van der Waals surface area contributed by atoms with Gasteiger partial charge in [-0.1, -0.05) is 32.0 Å². The summed E-state index contributed by atoms with van der Waals surface area (Å²) in [4.78, 5) is 2.22. The number of nitrogens with zero attached hydrogens (tertiary/aromatic N) is 2. The number of hydrogen-bond acceptors (Lipinski definition) is 3. The number of sulfonamides is 1. The molecule has 1 saturated heterocycles. The van der Waals surface area contributed by atoms with Crippen molar-refractivity contribution in [3.8, 4) is 0 Å². The largest absolute Gasteiger partial charge is 0.306 e. The van der Waals surface area contributed by atoms with Gasteiger partial charge in [0.2, 0.25) is 10.0 Å². The van der Waals surface area contributed by atoms with Crippen molar-refractivity contribution in [1.82, 2.24) is 4.90 Å². The molecule has 2 aliphatic rings. The zero-order valence-electron chi connectivity index (χ0n) is 13.0. The third kappa shape index (κ3) is 2.09. The van der Waals surface area contributed by atoms with Gasteiger partial charge in [0.25, 0.3) is 0 Å². The van der Waals surface area contributed by atoms with Crippen molar-refractivity contribution in [3.05, 3.63) is 29.8 Å². The number of para-hydroxylation sites is 1. The Labute approximate surface area is 127 Å². The Morgan fingerprint density at radius 3 is 2.43 bits per heavy atom. The third-order valence-corrected chi connectivity index (χ3v) is 7.31. The SMILES string of the molecule is CC(C)CN1c2ccccc2C2(CCN(C)CC2)S1(=O)=O. The Hall–Kier alpha value is -1.07. The van der Waals surface area contributed by atoms with Gasteiger partial charge in [-0.05, 0) is 50.5 Å². The Kier molecular flexibility index (Phi) is 3.53. The van der Waals surface area contributed by atoms with E-state index in [0.29, 0.717) is 25.3 Å². The maximum absolute atomic E-state index is 13.3. The smallest absolute Gasteiger partial charge is 0.245 e. The second-order valence-electron chi connectivity index (χ2n) is 6.74. The number of fused-ring (bicyclic) bond motifs is 2. The summed E-state index contributed by atoms with van der Waals surface area (Å²) >= 11 is 0. The molecular weight excluding hydrogens is 284 g/mol. The predicted molar refractivity (Wildman–Crippen MR) is 86.0 cm³/mol. The van der Waals surface area contributed by atoms with Crippen LogP contribution in [0.25, 0.3) is 0 Å². The standard InChI is InChI=1S/C16H24N2O2S/c1-13(2)12-18-15-7-5-4-6-14(15)16(21(18,19)20)8-10-17(3)11-9-16/h4-7,13H,8-12H2,1-3H3. The lowest BCUT2D eigenvalue weighted by molar-refractivity contribution is 0.235. The summed E-state index contributed by atoms with van der Waals surface area (Å²) in [6.45, 7) is 6.37. The van der Waals surface area contributed by atoms with Crippen molar-refractivity contribution >= 4 is 15.7 Å². The van der Waals surface area contributed by atoms with Gasteiger partial charge >= 0.3 is 0 Å². The van der Waals surface area contributed by atoms with Crippen molar-refractivity contribution < 1.29 is 8.42 Å². The van der Waals surface area contributed by atoms with Crippen molar-refractivity contribution in [2.75, 3.05) is 31.0 Å². The number of benzene rings is 1. The highest BCUT2D eigenvalue weighted by Gasteiger charge is 2.56. The lowest BCUT2D eigenvalue weighted by Gasteiger charge is -2.37. The van der Waals surface area contributed by atoms with Gasteiger partial charge in [-0.2, -0.15) is 0 Å². The quantitative estimate of drug-likeness (QED) is 0.842. The van der Waals surface area contributed by atoms with Crippen LogP contribution in [0.4, 0.5) is 5.69 Å². The van der Waals surface area contributed by atoms with Crippen LogP contribution < -0.4 is 4.31 Å². The van der Waals surface area contributed by atoms with Crippen LogP contribution in [-0.4, -0.2) is 40.0 Å². The molecule has 0 bridgehead atoms. The molecule has 1 aromatic carbocycles. The molecule has 21 heavy (non-hydrogen) atoms. The number of anilines is 1. The van der Waals surface area contributed by atoms with Crippen LogP contribution in [0, 0.1) is 5.92 Å². The molecule has 0 N–H and O–H groups in total. The first-order chi connectivity index (χ1) is 9.88. The lowest BCUT2D eigenvalue weighted by atomic mass is 9.87. The normalized spacial score (nSPS) is 23.7. The first-order valence-corrected chi connectivity index (χ1v) is 9.13. The van der Waals surface area contributed by atoms with E-state index < -0.39 is 14.8 Å². The summed E-state index contributed by atoms with van der Waals surface area (Å²) in [5, 5.41) is 0. The van der Waals surface area contributed by atoms with E-state index in [1.807, 2.05) is 24.3 Å². The van der Waals surface area contributed by atoms with Crippen LogP contribution in [0.2, 0.25) is 0 Å². The summed E-state index contributed by atoms with van der Waals surface area (Å²) in [6, 6.07) is 7.88. The van der Waals surface area contributed by atoms with Crippen LogP contribution in [0.3, 0.4) is 0 Å². The van der Waals surface area contributed by atoms with Gasteiger partial charge in [-0.15, -0.1) is 0 Å². The molecule has 1 aromatic rings. The molecule has 2 heterocycles. The van der Waals surface area contributed by atoms with Crippen molar-refractivity contribution in [1.29, 1.82) is 0 Å². The average molecular weight is 308 g/mol. The molecule has 4 nitrogen and oxygen atoms in total. The van der Waals surface area contributed by atoms with Gasteiger partial charge in [0.1, 0.15) is 4.75 Å². The number of piperidine rings is 1. The molecule has 2 aliphatic heterocycles. The molecule has 3 rings (SSSR count). The zero-order valence-corrected chi connectivity index (χ0v) is 13.9. The summed E-state index contributed by atoms with van der Waals surface area (Å²) < 4.78 is 27.5. The van der Waals surface area contributed by atoms with E-state index in [-0.39, 0.29) is 0 Å². The Balaban J connectivity index is 2.13. The summed E-state index contributed by atoms with van der Waals surface area (Å²) in [5.74, 6) is 0.314. The molecule has 1 fully saturated rings. The van der Waals surface area contributed by atoms with Gasteiger partial charge in [-0.3, -0.25) is 4.31 Å². The monoisotopic (exact) mass is 308 g/mol. The molecule has 5 heteroatoms. The number of likely N-dealkylation sites (tertiary alicyclic amines) is 1. The molecular formula is C16H24N2O2S. The molecule has 0 unspecified atom stereocenters. The number of hydrogen-bond donors (Lipinski definition) is 0. The van der Waals surface area contributed by atoms with E-state index in [9.17, 15) is 8.42 Å². The minimum Gasteiger partial charge on any atom is -0.306 e. The third-order valence-electron chi connectivity index (χ3n) is 4.77. The van der Waals surface area contributed by atoms with E-state index in [4.69, 9.17) is 0 Å². The fourth-order valence-electron chi connectivity index (χ4n) is 3.59. The molecule has 0 radical (unpaired) electrons. The summed E-state index contributed by atoms with van der Waals surface area (Å²) in [7, 11) is -1.26. The molecule has 0 aliphatic carbocycles. The molecule has 0 atom stereocenters. The molecule has 116 valence electrons. The average Bonchev–Trinajstić information content (AvgIpc) is 2.61. The molecule has 0 saturated carbocycles. The molecule has 1 spiro atoms. The van der Waals surface area contributed by atoms with Gasteiger partial charge in [-0.25, -0.2) is 8.42 Å². The first-order valence-electron chi connectivity index (χ1n) is 7.69. The van der Waals surface area contributed by atoms with Gasteiger partial charge in [0.05, 0.1) is 5.69 Å². The summed E-state index contributed by atoms with van der Waals surface area (Å²) in [6.07, 6.45) is 1.38. The summed E-state index contributed by atoms with van der Waals surface area (Å²) in [5.41, 5.74) is 1.91. The minimum atomic E-state index is -3.32. The van der Waals surface area contributed by atoms with Gasteiger partial charge < -0.3 is 4.90 Å². The Bertz CT molecular complexity index is 631. The Morgan fingerprint density at radius 1 is 1.19 bits per heavy atom. The highest BCUT2D eigenvalue weighted by molar-refractivity contribution is 7.94. The van der Waals surface area contributed by atoms with Crippen LogP contribution >= 0.6 is 0 Å². The van der Waals surface area contributed by atoms with E-state index in [0.717, 1.165) is 24.3 Å². The molecule has 0 amide bonds. The van der Waals surface area contributed by atoms with E-state index >= 15 is 0 Å². The second-order valence-corrected chi connectivity index (χ2v) is 8.92. The minimum absolute atomic E-state index is 0.314. The fraction of sp³-hybridized carbons (Fsp3) is 0.625. The first kappa shape index (κ1) is 14.9. The van der Waals surface area contributed by atoms with E-state index in [2.05, 4.69) is 25.8 Å². The van der Waals surface area contributed by atoms with E-state index in [1.54, 1.807) is 4.31 Å². The predicted octanol–water partition coefficient (Wildman–Crippen LogP) is 2.41. The number of rotatable bonds is 2. The maximum Gasteiger partial charge on any atom is 0.245 e. The van der Waals surface area contributed by atoms with Gasteiger partial charge in [0.15, 0.2) is 0 Å².